The molecule has 5 aliphatic rings. The lowest BCUT2D eigenvalue weighted by Crippen LogP contribution is -2.55. The third-order valence-corrected chi connectivity index (χ3v) is 15.1. The highest BCUT2D eigenvalue weighted by Gasteiger charge is 2.51. The van der Waals surface area contributed by atoms with Crippen molar-refractivity contribution in [2.45, 2.75) is 70.4 Å². The second-order valence-electron chi connectivity index (χ2n) is 19.4. The monoisotopic (exact) mass is 1020 g/mol. The van der Waals surface area contributed by atoms with E-state index < -0.39 is 47.6 Å². The van der Waals surface area contributed by atoms with Crippen LogP contribution in [0.2, 0.25) is 0 Å². The molecule has 5 heterocycles. The highest BCUT2D eigenvalue weighted by molar-refractivity contribution is 6.08. The molecule has 9 rings (SSSR count). The van der Waals surface area contributed by atoms with Gasteiger partial charge in [-0.1, -0.05) is 36.4 Å². The summed E-state index contributed by atoms with van der Waals surface area (Å²) in [5.74, 6) is -0.706. The van der Waals surface area contributed by atoms with Crippen molar-refractivity contribution in [3.05, 3.63) is 153 Å². The smallest absolute Gasteiger partial charge is 0.333 e. The van der Waals surface area contributed by atoms with Crippen molar-refractivity contribution in [2.24, 2.45) is 0 Å². The molecule has 0 aliphatic carbocycles. The van der Waals surface area contributed by atoms with Crippen LogP contribution >= 0.6 is 0 Å². The van der Waals surface area contributed by atoms with Crippen LogP contribution in [-0.4, -0.2) is 113 Å². The van der Waals surface area contributed by atoms with Gasteiger partial charge in [0.15, 0.2) is 0 Å². The number of amides is 6. The molecule has 1 saturated heterocycles. The number of hydrogen-bond acceptors (Lipinski definition) is 6. The molecule has 1 fully saturated rings. The minimum absolute atomic E-state index is 0.000146. The molecule has 19 heteroatoms. The average Bonchev–Trinajstić information content (AvgIpc) is 3.92. The number of quaternary nitrogens is 1. The third-order valence-electron chi connectivity index (χ3n) is 15.1. The maximum atomic E-state index is 15.1. The highest BCUT2D eigenvalue weighted by atomic mass is 19.4. The summed E-state index contributed by atoms with van der Waals surface area (Å²) in [5.41, 5.74) is 0.968. The van der Waals surface area contributed by atoms with Crippen molar-refractivity contribution in [3.8, 4) is 12.1 Å². The van der Waals surface area contributed by atoms with Gasteiger partial charge < -0.3 is 24.1 Å². The topological polar surface area (TPSA) is 135 Å². The van der Waals surface area contributed by atoms with Gasteiger partial charge in [-0.15, -0.1) is 0 Å². The first-order valence-electron chi connectivity index (χ1n) is 24.9. The van der Waals surface area contributed by atoms with Gasteiger partial charge in [-0.05, 0) is 105 Å². The Labute approximate surface area is 424 Å². The number of halogens is 6. The van der Waals surface area contributed by atoms with Gasteiger partial charge in [-0.25, -0.2) is 9.59 Å². The normalized spacial score (nSPS) is 20.1. The van der Waals surface area contributed by atoms with Crippen molar-refractivity contribution in [1.82, 2.24) is 19.6 Å². The summed E-state index contributed by atoms with van der Waals surface area (Å²) in [6.45, 7) is 6.91. The Hall–Kier alpha value is -7.64. The largest absolute Gasteiger partial charge is 0.416 e. The molecule has 74 heavy (non-hydrogen) atoms. The van der Waals surface area contributed by atoms with Crippen LogP contribution in [0.3, 0.4) is 0 Å². The SMILES string of the molecule is CCN1CC2=C(C1=O)[C@@H](c1ccc(C#N)cc1)N(CCC[N+]1(CCCN3C(=O)N(c4cccc(C(F)(F)F)c4)C4=C(C(=O)N(CC)C4)[C@H]3c3ccc(C#N)cc3)CCCCC1)C(=O)N2c1cccc(C(F)(F)F)c1. The van der Waals surface area contributed by atoms with Crippen LogP contribution in [0, 0.1) is 22.7 Å². The number of carbonyl (C=O) groups is 4. The summed E-state index contributed by atoms with van der Waals surface area (Å²) in [7, 11) is 0. The number of carbonyl (C=O) groups excluding carboxylic acids is 4. The van der Waals surface area contributed by atoms with Crippen LogP contribution in [0.15, 0.2) is 120 Å². The van der Waals surface area contributed by atoms with Gasteiger partial charge in [-0.2, -0.15) is 36.9 Å². The van der Waals surface area contributed by atoms with E-state index in [0.29, 0.717) is 52.7 Å². The molecular formula is C55H54F6N9O4+. The van der Waals surface area contributed by atoms with E-state index in [4.69, 9.17) is 0 Å². The van der Waals surface area contributed by atoms with E-state index in [1.165, 1.54) is 34.1 Å². The number of likely N-dealkylation sites (tertiary alicyclic amines) is 1. The molecule has 5 aliphatic heterocycles. The van der Waals surface area contributed by atoms with Crippen LogP contribution in [0.25, 0.3) is 0 Å². The Morgan fingerprint density at radius 2 is 0.959 bits per heavy atom. The first kappa shape index (κ1) is 51.3. The second kappa shape index (κ2) is 20.3. The number of alkyl halides is 6. The molecular weight excluding hydrogens is 965 g/mol. The predicted molar refractivity (Wildman–Crippen MR) is 261 cm³/mol. The highest BCUT2D eigenvalue weighted by Crippen LogP contribution is 2.47. The number of anilines is 2. The lowest BCUT2D eigenvalue weighted by atomic mass is 9.92. The number of hydrogen-bond donors (Lipinski definition) is 0. The number of nitrogens with zero attached hydrogens (tertiary/aromatic N) is 9. The summed E-state index contributed by atoms with van der Waals surface area (Å²) < 4.78 is 85.5. The van der Waals surface area contributed by atoms with E-state index in [2.05, 4.69) is 12.1 Å². The number of likely N-dealkylation sites (N-methyl/N-ethyl adjacent to an activating group) is 2. The Kier molecular flexibility index (Phi) is 14.1. The molecule has 4 aromatic carbocycles. The van der Waals surface area contributed by atoms with Crippen molar-refractivity contribution in [2.75, 3.05) is 75.2 Å². The van der Waals surface area contributed by atoms with Gasteiger partial charge in [0.1, 0.15) is 0 Å². The number of rotatable bonds is 14. The average molecular weight is 1020 g/mol. The maximum Gasteiger partial charge on any atom is 0.416 e. The molecule has 13 nitrogen and oxygen atoms in total. The molecule has 0 aromatic heterocycles. The third kappa shape index (κ3) is 9.56. The Balaban J connectivity index is 1.03. The van der Waals surface area contributed by atoms with Gasteiger partial charge in [-0.3, -0.25) is 19.4 Å². The first-order valence-corrected chi connectivity index (χ1v) is 24.9. The zero-order valence-electron chi connectivity index (χ0n) is 40.9. The summed E-state index contributed by atoms with van der Waals surface area (Å²) >= 11 is 0. The number of piperidine rings is 1. The van der Waals surface area contributed by atoms with Gasteiger partial charge in [0.05, 0.1) is 120 Å². The standard InChI is InChI=1S/C55H54F6N9O4/c1-3-64-34-44-46(50(64)71)48(38-20-16-36(32-62)17-21-38)66(52(73)68(44)42-14-8-12-40(30-42)54(56,57)58)24-10-28-70(26-6-5-7-27-70)29-11-25-67-49(39-22-18-37(33-63)19-23-39)47-45(35-65(4-2)51(47)72)69(53(67)74)43-15-9-13-41(31-43)55(59,60)61/h8-9,12-23,30-31,48-49H,3-7,10-11,24-29,34-35H2,1-2H3/q+1/t48-,49-/m1/s1. The molecule has 2 atom stereocenters. The van der Waals surface area contributed by atoms with E-state index in [1.807, 2.05) is 0 Å². The van der Waals surface area contributed by atoms with Gasteiger partial charge in [0.25, 0.3) is 11.8 Å². The van der Waals surface area contributed by atoms with Crippen LogP contribution in [0.5, 0.6) is 0 Å². The zero-order valence-corrected chi connectivity index (χ0v) is 40.9. The Morgan fingerprint density at radius 3 is 1.31 bits per heavy atom. The van der Waals surface area contributed by atoms with Crippen LogP contribution < -0.4 is 9.80 Å². The Morgan fingerprint density at radius 1 is 0.568 bits per heavy atom. The number of urea groups is 2. The summed E-state index contributed by atoms with van der Waals surface area (Å²) in [5, 5.41) is 19.3. The molecule has 4 aromatic rings. The van der Waals surface area contributed by atoms with E-state index in [9.17, 15) is 46.5 Å². The second-order valence-corrected chi connectivity index (χ2v) is 19.4. The van der Waals surface area contributed by atoms with Gasteiger partial charge >= 0.3 is 24.4 Å². The van der Waals surface area contributed by atoms with Crippen molar-refractivity contribution < 1.29 is 50.0 Å². The first-order chi connectivity index (χ1) is 35.4. The van der Waals surface area contributed by atoms with Gasteiger partial charge in [0, 0.05) is 39.0 Å². The number of benzene rings is 4. The molecule has 6 amide bonds. The summed E-state index contributed by atoms with van der Waals surface area (Å²) in [4.78, 5) is 67.5. The predicted octanol–water partition coefficient (Wildman–Crippen LogP) is 10.1. The van der Waals surface area contributed by atoms with Crippen molar-refractivity contribution in [3.63, 3.8) is 0 Å². The van der Waals surface area contributed by atoms with E-state index in [0.717, 1.165) is 56.6 Å². The van der Waals surface area contributed by atoms with Gasteiger partial charge in [0.2, 0.25) is 0 Å². The molecule has 0 spiro atoms. The van der Waals surface area contributed by atoms with Crippen LogP contribution in [0.4, 0.5) is 47.3 Å². The molecule has 384 valence electrons. The maximum absolute atomic E-state index is 15.1. The number of nitriles is 2. The minimum Gasteiger partial charge on any atom is -0.333 e. The lowest BCUT2D eigenvalue weighted by molar-refractivity contribution is -0.932. The van der Waals surface area contributed by atoms with Crippen molar-refractivity contribution >= 4 is 35.3 Å². The summed E-state index contributed by atoms with van der Waals surface area (Å²) in [6.07, 6.45) is -5.86. The van der Waals surface area contributed by atoms with E-state index in [1.54, 1.807) is 82.0 Å². The van der Waals surface area contributed by atoms with Crippen LogP contribution in [0.1, 0.15) is 91.4 Å². The van der Waals surface area contributed by atoms with E-state index >= 15 is 9.59 Å². The molecule has 0 saturated carbocycles. The fourth-order valence-corrected chi connectivity index (χ4v) is 11.4. The minimum atomic E-state index is -4.71. The molecule has 0 N–H and O–H groups in total. The molecule has 0 radical (unpaired) electrons. The summed E-state index contributed by atoms with van der Waals surface area (Å²) in [6, 6.07) is 23.3. The zero-order chi connectivity index (χ0) is 52.7. The fourth-order valence-electron chi connectivity index (χ4n) is 11.4. The molecule has 0 unspecified atom stereocenters. The van der Waals surface area contributed by atoms with Crippen molar-refractivity contribution in [1.29, 1.82) is 10.5 Å². The Bertz CT molecular complexity index is 2810. The van der Waals surface area contributed by atoms with Crippen LogP contribution in [-0.2, 0) is 21.9 Å². The lowest BCUT2D eigenvalue weighted by Gasteiger charge is -2.45. The van der Waals surface area contributed by atoms with E-state index in [-0.39, 0.29) is 85.0 Å². The quantitative estimate of drug-likeness (QED) is 0.0912. The molecule has 0 bridgehead atoms. The fraction of sp³-hybridized carbons (Fsp3) is 0.382.